The summed E-state index contributed by atoms with van der Waals surface area (Å²) in [5, 5.41) is 0. The summed E-state index contributed by atoms with van der Waals surface area (Å²) in [6.07, 6.45) is 4.55. The predicted molar refractivity (Wildman–Crippen MR) is 60.3 cm³/mol. The summed E-state index contributed by atoms with van der Waals surface area (Å²) in [5.41, 5.74) is 1.06. The minimum Gasteiger partial charge on any atom is -0.300 e. The van der Waals surface area contributed by atoms with E-state index in [1.165, 1.54) is 0 Å². The molecule has 0 aliphatic carbocycles. The highest BCUT2D eigenvalue weighted by molar-refractivity contribution is 5.87. The van der Waals surface area contributed by atoms with Gasteiger partial charge in [-0.3, -0.25) is 4.79 Å². The zero-order valence-corrected chi connectivity index (χ0v) is 10.0. The lowest BCUT2D eigenvalue weighted by molar-refractivity contribution is -0.117. The minimum atomic E-state index is 0.125. The first-order valence-corrected chi connectivity index (χ1v) is 5.05. The van der Waals surface area contributed by atoms with Gasteiger partial charge in [0.05, 0.1) is 0 Å². The number of allylic oxidation sites excluding steroid dienone is 2. The second-order valence-electron chi connectivity index (χ2n) is 3.64. The van der Waals surface area contributed by atoms with Crippen molar-refractivity contribution in [1.29, 1.82) is 0 Å². The van der Waals surface area contributed by atoms with E-state index < -0.39 is 0 Å². The van der Waals surface area contributed by atoms with Crippen LogP contribution in [0.25, 0.3) is 0 Å². The summed E-state index contributed by atoms with van der Waals surface area (Å²) in [5.74, 6) is 0.432. The molecule has 0 spiro atoms. The van der Waals surface area contributed by atoms with Gasteiger partial charge in [-0.25, -0.2) is 0 Å². The van der Waals surface area contributed by atoms with E-state index in [1.54, 1.807) is 19.9 Å². The van der Waals surface area contributed by atoms with E-state index in [2.05, 4.69) is 6.92 Å². The Morgan fingerprint density at radius 2 is 1.57 bits per heavy atom. The van der Waals surface area contributed by atoms with Gasteiger partial charge in [-0.1, -0.05) is 18.9 Å². The number of hydrogen-bond acceptors (Lipinski definition) is 2. The molecular formula is C12H22O2. The van der Waals surface area contributed by atoms with Crippen LogP contribution in [-0.4, -0.2) is 11.6 Å². The van der Waals surface area contributed by atoms with Crippen molar-refractivity contribution in [3.8, 4) is 0 Å². The lowest BCUT2D eigenvalue weighted by Crippen LogP contribution is -1.86. The van der Waals surface area contributed by atoms with Crippen LogP contribution in [-0.2, 0) is 9.59 Å². The van der Waals surface area contributed by atoms with Gasteiger partial charge in [0, 0.05) is 6.42 Å². The fourth-order valence-electron chi connectivity index (χ4n) is 0.832. The molecule has 0 aromatic heterocycles. The van der Waals surface area contributed by atoms with Crippen molar-refractivity contribution < 1.29 is 9.59 Å². The molecular weight excluding hydrogens is 176 g/mol. The van der Waals surface area contributed by atoms with Crippen LogP contribution >= 0.6 is 0 Å². The fourth-order valence-corrected chi connectivity index (χ4v) is 0.832. The van der Waals surface area contributed by atoms with E-state index in [1.807, 2.05) is 13.8 Å². The molecule has 0 saturated carbocycles. The summed E-state index contributed by atoms with van der Waals surface area (Å²) >= 11 is 0. The first-order valence-electron chi connectivity index (χ1n) is 5.05. The summed E-state index contributed by atoms with van der Waals surface area (Å²) in [4.78, 5) is 20.4. The zero-order valence-electron chi connectivity index (χ0n) is 10.0. The quantitative estimate of drug-likeness (QED) is 0.649. The van der Waals surface area contributed by atoms with Gasteiger partial charge in [0.1, 0.15) is 5.78 Å². The molecule has 0 saturated heterocycles. The van der Waals surface area contributed by atoms with Gasteiger partial charge in [0.25, 0.3) is 0 Å². The standard InChI is InChI=1S/C6H10O.C6H12O/c1-5(2)4-6(3)7;1-3-4-5-6(2)7/h4H,1-3H3;3-5H2,1-2H3. The van der Waals surface area contributed by atoms with Crippen LogP contribution < -0.4 is 0 Å². The summed E-state index contributed by atoms with van der Waals surface area (Å²) in [6.45, 7) is 9.08. The Morgan fingerprint density at radius 1 is 1.07 bits per heavy atom. The maximum Gasteiger partial charge on any atom is 0.152 e. The lowest BCUT2D eigenvalue weighted by atomic mass is 10.2. The van der Waals surface area contributed by atoms with E-state index in [0.717, 1.165) is 24.8 Å². The molecule has 0 aromatic rings. The van der Waals surface area contributed by atoms with E-state index in [-0.39, 0.29) is 5.78 Å². The molecule has 0 aromatic carbocycles. The monoisotopic (exact) mass is 198 g/mol. The molecule has 0 bridgehead atoms. The Bertz CT molecular complexity index is 198. The van der Waals surface area contributed by atoms with Crippen molar-refractivity contribution in [2.75, 3.05) is 0 Å². The topological polar surface area (TPSA) is 34.1 Å². The van der Waals surface area contributed by atoms with Crippen molar-refractivity contribution in [3.63, 3.8) is 0 Å². The number of hydrogen-bond donors (Lipinski definition) is 0. The number of carbonyl (C=O) groups excluding carboxylic acids is 2. The normalized spacial score (nSPS) is 8.36. The number of ketones is 2. The first-order chi connectivity index (χ1) is 6.40. The van der Waals surface area contributed by atoms with Crippen molar-refractivity contribution >= 4 is 11.6 Å². The minimum absolute atomic E-state index is 0.125. The summed E-state index contributed by atoms with van der Waals surface area (Å²) in [7, 11) is 0. The molecule has 0 radical (unpaired) electrons. The molecule has 0 aliphatic rings. The second-order valence-corrected chi connectivity index (χ2v) is 3.64. The molecule has 0 heterocycles. The van der Waals surface area contributed by atoms with E-state index in [4.69, 9.17) is 0 Å². The van der Waals surface area contributed by atoms with Crippen LogP contribution in [0.5, 0.6) is 0 Å². The van der Waals surface area contributed by atoms with E-state index in [9.17, 15) is 9.59 Å². The van der Waals surface area contributed by atoms with Crippen LogP contribution in [0.1, 0.15) is 53.9 Å². The number of unbranched alkanes of at least 4 members (excludes halogenated alkanes) is 1. The third-order valence-electron chi connectivity index (χ3n) is 1.37. The van der Waals surface area contributed by atoms with Crippen LogP contribution in [0, 0.1) is 0 Å². The molecule has 0 rings (SSSR count). The molecule has 0 fully saturated rings. The van der Waals surface area contributed by atoms with Gasteiger partial charge < -0.3 is 4.79 Å². The highest BCUT2D eigenvalue weighted by Gasteiger charge is 1.87. The van der Waals surface area contributed by atoms with Crippen molar-refractivity contribution in [2.24, 2.45) is 0 Å². The van der Waals surface area contributed by atoms with Gasteiger partial charge in [0.2, 0.25) is 0 Å². The lowest BCUT2D eigenvalue weighted by Gasteiger charge is -1.86. The van der Waals surface area contributed by atoms with Crippen LogP contribution in [0.4, 0.5) is 0 Å². The Balaban J connectivity index is 0. The van der Waals surface area contributed by atoms with Crippen LogP contribution in [0.15, 0.2) is 11.6 Å². The second kappa shape index (κ2) is 10.2. The SMILES string of the molecule is CC(=O)C=C(C)C.CCCCC(C)=O. The maximum absolute atomic E-state index is 10.2. The Kier molecular flexibility index (Phi) is 11.3. The summed E-state index contributed by atoms with van der Waals surface area (Å²) in [6, 6.07) is 0. The number of carbonyl (C=O) groups is 2. The van der Waals surface area contributed by atoms with Gasteiger partial charge in [0.15, 0.2) is 5.78 Å². The van der Waals surface area contributed by atoms with Gasteiger partial charge >= 0.3 is 0 Å². The molecule has 0 N–H and O–H groups in total. The average Bonchev–Trinajstić information content (AvgIpc) is 1.99. The zero-order chi connectivity index (χ0) is 11.6. The molecule has 0 amide bonds. The smallest absolute Gasteiger partial charge is 0.152 e. The Hall–Kier alpha value is -0.920. The average molecular weight is 198 g/mol. The maximum atomic E-state index is 10.2. The highest BCUT2D eigenvalue weighted by atomic mass is 16.1. The van der Waals surface area contributed by atoms with Gasteiger partial charge in [-0.05, 0) is 40.2 Å². The predicted octanol–water partition coefficient (Wildman–Crippen LogP) is 3.31. The van der Waals surface area contributed by atoms with E-state index in [0.29, 0.717) is 5.78 Å². The third-order valence-corrected chi connectivity index (χ3v) is 1.37. The molecule has 2 heteroatoms. The third kappa shape index (κ3) is 22.5. The fraction of sp³-hybridized carbons (Fsp3) is 0.667. The molecule has 82 valence electrons. The van der Waals surface area contributed by atoms with Crippen LogP contribution in [0.2, 0.25) is 0 Å². The molecule has 14 heavy (non-hydrogen) atoms. The molecule has 0 unspecified atom stereocenters. The highest BCUT2D eigenvalue weighted by Crippen LogP contribution is 1.92. The van der Waals surface area contributed by atoms with Gasteiger partial charge in [-0.15, -0.1) is 0 Å². The van der Waals surface area contributed by atoms with Crippen molar-refractivity contribution in [2.45, 2.75) is 53.9 Å². The Morgan fingerprint density at radius 3 is 1.64 bits per heavy atom. The summed E-state index contributed by atoms with van der Waals surface area (Å²) < 4.78 is 0. The van der Waals surface area contributed by atoms with Gasteiger partial charge in [-0.2, -0.15) is 0 Å². The number of rotatable bonds is 4. The van der Waals surface area contributed by atoms with Crippen molar-refractivity contribution in [1.82, 2.24) is 0 Å². The molecule has 0 atom stereocenters. The molecule has 0 aliphatic heterocycles. The van der Waals surface area contributed by atoms with E-state index >= 15 is 0 Å². The Labute approximate surface area is 87.4 Å². The largest absolute Gasteiger partial charge is 0.300 e. The van der Waals surface area contributed by atoms with Crippen molar-refractivity contribution in [3.05, 3.63) is 11.6 Å². The first kappa shape index (κ1) is 15.5. The molecule has 2 nitrogen and oxygen atoms in total. The van der Waals surface area contributed by atoms with Crippen LogP contribution in [0.3, 0.4) is 0 Å². The number of Topliss-reactive ketones (excluding diaryl/α,β-unsaturated/α-hetero) is 1.